The summed E-state index contributed by atoms with van der Waals surface area (Å²) in [6, 6.07) is 1.77. The van der Waals surface area contributed by atoms with E-state index in [0.717, 1.165) is 0 Å². The van der Waals surface area contributed by atoms with Crippen molar-refractivity contribution in [2.24, 2.45) is 5.73 Å². The molecule has 0 radical (unpaired) electrons. The van der Waals surface area contributed by atoms with E-state index in [0.29, 0.717) is 18.9 Å². The molecule has 0 atom stereocenters. The van der Waals surface area contributed by atoms with Crippen LogP contribution in [-0.2, 0) is 0 Å². The first-order valence-electron chi connectivity index (χ1n) is 4.01. The van der Waals surface area contributed by atoms with E-state index in [-0.39, 0.29) is 5.84 Å². The van der Waals surface area contributed by atoms with Crippen LogP contribution in [0.25, 0.3) is 0 Å². The third-order valence-electron chi connectivity index (χ3n) is 1.61. The third-order valence-corrected chi connectivity index (χ3v) is 1.61. The summed E-state index contributed by atoms with van der Waals surface area (Å²) in [5.74, 6) is 0.839. The molecule has 0 aliphatic heterocycles. The van der Waals surface area contributed by atoms with E-state index >= 15 is 0 Å². The lowest BCUT2D eigenvalue weighted by Crippen LogP contribution is -2.25. The number of nitrogens with one attached hydrogen (secondary N) is 1. The van der Waals surface area contributed by atoms with Gasteiger partial charge in [-0.1, -0.05) is 0 Å². The first kappa shape index (κ1) is 9.44. The van der Waals surface area contributed by atoms with Crippen molar-refractivity contribution in [3.05, 3.63) is 18.5 Å². The van der Waals surface area contributed by atoms with Gasteiger partial charge in [-0.3, -0.25) is 5.41 Å². The fourth-order valence-electron chi connectivity index (χ4n) is 0.876. The summed E-state index contributed by atoms with van der Waals surface area (Å²) in [5.41, 5.74) is 5.23. The molecule has 1 heterocycles. The van der Waals surface area contributed by atoms with E-state index in [1.54, 1.807) is 18.5 Å². The van der Waals surface area contributed by atoms with Gasteiger partial charge in [-0.25, -0.2) is 9.97 Å². The number of hydrogen-bond acceptors (Lipinski definition) is 4. The standard InChI is InChI=1S/C8H13N5/c1-13(6-3-7(9)10)8-11-4-2-5-12-8/h2,4-5H,3,6H2,1H3,(H3,9,10). The molecule has 0 amide bonds. The SMILES string of the molecule is CN(CCC(=N)N)c1ncccn1. The van der Waals surface area contributed by atoms with Crippen molar-refractivity contribution in [1.29, 1.82) is 5.41 Å². The second-order valence-electron chi connectivity index (χ2n) is 2.75. The summed E-state index contributed by atoms with van der Waals surface area (Å²) in [4.78, 5) is 9.98. The Hall–Kier alpha value is -1.65. The average Bonchev–Trinajstić information content (AvgIpc) is 2.15. The van der Waals surface area contributed by atoms with Crippen LogP contribution in [0, 0.1) is 5.41 Å². The Labute approximate surface area is 77.1 Å². The van der Waals surface area contributed by atoms with Crippen LogP contribution in [0.1, 0.15) is 6.42 Å². The van der Waals surface area contributed by atoms with Gasteiger partial charge in [0.15, 0.2) is 0 Å². The Morgan fingerprint density at radius 3 is 2.69 bits per heavy atom. The lowest BCUT2D eigenvalue weighted by atomic mass is 10.4. The predicted molar refractivity (Wildman–Crippen MR) is 51.8 cm³/mol. The molecule has 0 bridgehead atoms. The van der Waals surface area contributed by atoms with Gasteiger partial charge in [-0.05, 0) is 6.07 Å². The minimum atomic E-state index is 0.183. The van der Waals surface area contributed by atoms with Crippen molar-refractivity contribution in [3.8, 4) is 0 Å². The Kier molecular flexibility index (Phi) is 3.19. The number of anilines is 1. The van der Waals surface area contributed by atoms with E-state index in [4.69, 9.17) is 11.1 Å². The highest BCUT2D eigenvalue weighted by Crippen LogP contribution is 2.01. The van der Waals surface area contributed by atoms with Crippen molar-refractivity contribution in [3.63, 3.8) is 0 Å². The number of nitrogens with zero attached hydrogens (tertiary/aromatic N) is 3. The van der Waals surface area contributed by atoms with Crippen LogP contribution >= 0.6 is 0 Å². The molecule has 5 heteroatoms. The number of amidine groups is 1. The maximum Gasteiger partial charge on any atom is 0.224 e. The number of nitrogens with two attached hydrogens (primary N) is 1. The summed E-state index contributed by atoms with van der Waals surface area (Å²) < 4.78 is 0. The summed E-state index contributed by atoms with van der Waals surface area (Å²) in [7, 11) is 1.87. The fourth-order valence-corrected chi connectivity index (χ4v) is 0.876. The first-order chi connectivity index (χ1) is 6.20. The van der Waals surface area contributed by atoms with Crippen LogP contribution in [-0.4, -0.2) is 29.4 Å². The van der Waals surface area contributed by atoms with E-state index in [9.17, 15) is 0 Å². The molecule has 0 saturated heterocycles. The predicted octanol–water partition coefficient (Wildman–Crippen LogP) is 0.239. The molecular weight excluding hydrogens is 166 g/mol. The first-order valence-corrected chi connectivity index (χ1v) is 4.01. The molecule has 0 saturated carbocycles. The van der Waals surface area contributed by atoms with E-state index in [1.807, 2.05) is 11.9 Å². The van der Waals surface area contributed by atoms with E-state index in [2.05, 4.69) is 9.97 Å². The largest absolute Gasteiger partial charge is 0.388 e. The highest BCUT2D eigenvalue weighted by Gasteiger charge is 2.02. The zero-order valence-electron chi connectivity index (χ0n) is 7.57. The lowest BCUT2D eigenvalue weighted by molar-refractivity contribution is 0.863. The fraction of sp³-hybridized carbons (Fsp3) is 0.375. The van der Waals surface area contributed by atoms with Crippen molar-refractivity contribution in [2.45, 2.75) is 6.42 Å². The molecule has 5 nitrogen and oxygen atoms in total. The topological polar surface area (TPSA) is 78.9 Å². The van der Waals surface area contributed by atoms with Crippen LogP contribution < -0.4 is 10.6 Å². The van der Waals surface area contributed by atoms with Crippen LogP contribution in [0.3, 0.4) is 0 Å². The molecule has 0 aliphatic carbocycles. The maximum atomic E-state index is 7.06. The second-order valence-corrected chi connectivity index (χ2v) is 2.75. The van der Waals surface area contributed by atoms with Gasteiger partial charge in [-0.2, -0.15) is 0 Å². The molecule has 0 aromatic carbocycles. The smallest absolute Gasteiger partial charge is 0.224 e. The number of hydrogen-bond donors (Lipinski definition) is 2. The van der Waals surface area contributed by atoms with Gasteiger partial charge in [-0.15, -0.1) is 0 Å². The monoisotopic (exact) mass is 179 g/mol. The highest BCUT2D eigenvalue weighted by atomic mass is 15.2. The van der Waals surface area contributed by atoms with Crippen LogP contribution in [0.2, 0.25) is 0 Å². The molecule has 13 heavy (non-hydrogen) atoms. The van der Waals surface area contributed by atoms with E-state index in [1.165, 1.54) is 0 Å². The quantitative estimate of drug-likeness (QED) is 0.512. The van der Waals surface area contributed by atoms with Crippen LogP contribution in [0.5, 0.6) is 0 Å². The van der Waals surface area contributed by atoms with Crippen molar-refractivity contribution < 1.29 is 0 Å². The highest BCUT2D eigenvalue weighted by molar-refractivity contribution is 5.77. The molecule has 0 unspecified atom stereocenters. The van der Waals surface area contributed by atoms with Gasteiger partial charge in [0.25, 0.3) is 0 Å². The van der Waals surface area contributed by atoms with Gasteiger partial charge >= 0.3 is 0 Å². The molecular formula is C8H13N5. The Balaban J connectivity index is 2.49. The average molecular weight is 179 g/mol. The van der Waals surface area contributed by atoms with Gasteiger partial charge in [0.05, 0.1) is 5.84 Å². The van der Waals surface area contributed by atoms with Gasteiger partial charge in [0.2, 0.25) is 5.95 Å². The Bertz CT molecular complexity index is 271. The Morgan fingerprint density at radius 2 is 2.15 bits per heavy atom. The molecule has 0 spiro atoms. The van der Waals surface area contributed by atoms with Crippen LogP contribution in [0.4, 0.5) is 5.95 Å². The molecule has 0 aliphatic rings. The molecule has 1 rings (SSSR count). The van der Waals surface area contributed by atoms with Crippen molar-refractivity contribution in [2.75, 3.05) is 18.5 Å². The molecule has 70 valence electrons. The minimum Gasteiger partial charge on any atom is -0.388 e. The summed E-state index contributed by atoms with van der Waals surface area (Å²) in [6.07, 6.45) is 3.91. The molecule has 3 N–H and O–H groups in total. The zero-order valence-corrected chi connectivity index (χ0v) is 7.57. The molecule has 1 aromatic rings. The van der Waals surface area contributed by atoms with Crippen molar-refractivity contribution in [1.82, 2.24) is 9.97 Å². The maximum absolute atomic E-state index is 7.06. The minimum absolute atomic E-state index is 0.183. The summed E-state index contributed by atoms with van der Waals surface area (Å²) >= 11 is 0. The van der Waals surface area contributed by atoms with Gasteiger partial charge in [0, 0.05) is 32.4 Å². The zero-order chi connectivity index (χ0) is 9.68. The normalized spacial score (nSPS) is 9.62. The lowest BCUT2D eigenvalue weighted by Gasteiger charge is -2.15. The van der Waals surface area contributed by atoms with E-state index < -0.39 is 0 Å². The third kappa shape index (κ3) is 3.06. The van der Waals surface area contributed by atoms with Gasteiger partial charge in [0.1, 0.15) is 0 Å². The molecule has 1 aromatic heterocycles. The molecule has 0 fully saturated rings. The second kappa shape index (κ2) is 4.39. The summed E-state index contributed by atoms with van der Waals surface area (Å²) in [6.45, 7) is 0.666. The Morgan fingerprint density at radius 1 is 1.54 bits per heavy atom. The number of aromatic nitrogens is 2. The summed E-state index contributed by atoms with van der Waals surface area (Å²) in [5, 5.41) is 7.06. The van der Waals surface area contributed by atoms with Crippen LogP contribution in [0.15, 0.2) is 18.5 Å². The number of rotatable bonds is 4. The van der Waals surface area contributed by atoms with Crippen molar-refractivity contribution >= 4 is 11.8 Å². The van der Waals surface area contributed by atoms with Gasteiger partial charge < -0.3 is 10.6 Å².